The van der Waals surface area contributed by atoms with E-state index in [4.69, 9.17) is 0 Å². The molecule has 1 N–H and O–H groups in total. The first-order valence-corrected chi connectivity index (χ1v) is 9.85. The van der Waals surface area contributed by atoms with Crippen LogP contribution in [0, 0.1) is 11.8 Å². The third-order valence-corrected chi connectivity index (χ3v) is 5.98. The zero-order valence-electron chi connectivity index (χ0n) is 15.1. The third kappa shape index (κ3) is 4.50. The fourth-order valence-electron chi connectivity index (χ4n) is 4.56. The highest BCUT2D eigenvalue weighted by atomic mass is 15.3. The fraction of sp³-hybridized carbons (Fsp3) is 0.571. The molecule has 1 aromatic carbocycles. The van der Waals surface area contributed by atoms with Gasteiger partial charge >= 0.3 is 0 Å². The van der Waals surface area contributed by atoms with Gasteiger partial charge in [-0.2, -0.15) is 5.10 Å². The predicted molar refractivity (Wildman–Crippen MR) is 101 cm³/mol. The SMILES string of the molecule is c1cc(CN2CCC(C3CCNCC3)CC2)cc(Cn2cccn2)c1. The summed E-state index contributed by atoms with van der Waals surface area (Å²) in [5.41, 5.74) is 2.77. The van der Waals surface area contributed by atoms with Crippen molar-refractivity contribution in [2.24, 2.45) is 11.8 Å². The first-order chi connectivity index (χ1) is 12.4. The number of benzene rings is 1. The van der Waals surface area contributed by atoms with Gasteiger partial charge in [0, 0.05) is 18.9 Å². The van der Waals surface area contributed by atoms with Gasteiger partial charge in [-0.3, -0.25) is 9.58 Å². The van der Waals surface area contributed by atoms with Crippen molar-refractivity contribution in [3.8, 4) is 0 Å². The maximum Gasteiger partial charge on any atom is 0.0659 e. The van der Waals surface area contributed by atoms with Gasteiger partial charge < -0.3 is 5.32 Å². The molecule has 0 aliphatic carbocycles. The maximum atomic E-state index is 4.31. The van der Waals surface area contributed by atoms with Crippen LogP contribution >= 0.6 is 0 Å². The molecule has 0 radical (unpaired) electrons. The number of rotatable bonds is 5. The number of hydrogen-bond donors (Lipinski definition) is 1. The normalized spacial score (nSPS) is 20.8. The van der Waals surface area contributed by atoms with Crippen LogP contribution in [0.1, 0.15) is 36.8 Å². The summed E-state index contributed by atoms with van der Waals surface area (Å²) in [5.74, 6) is 1.94. The molecule has 134 valence electrons. The average molecular weight is 338 g/mol. The molecule has 0 bridgehead atoms. The summed E-state index contributed by atoms with van der Waals surface area (Å²) in [4.78, 5) is 2.64. The predicted octanol–water partition coefficient (Wildman–Crippen LogP) is 3.14. The van der Waals surface area contributed by atoms with Gasteiger partial charge in [-0.05, 0) is 80.9 Å². The van der Waals surface area contributed by atoms with Crippen molar-refractivity contribution in [2.75, 3.05) is 26.2 Å². The van der Waals surface area contributed by atoms with Crippen molar-refractivity contribution in [1.29, 1.82) is 0 Å². The van der Waals surface area contributed by atoms with Crippen LogP contribution in [0.3, 0.4) is 0 Å². The number of piperidine rings is 2. The molecule has 1 aromatic heterocycles. The second-order valence-corrected chi connectivity index (χ2v) is 7.72. The van der Waals surface area contributed by atoms with E-state index in [1.54, 1.807) is 0 Å². The van der Waals surface area contributed by atoms with Crippen molar-refractivity contribution in [3.63, 3.8) is 0 Å². The molecule has 2 aliphatic rings. The van der Waals surface area contributed by atoms with Crippen LogP contribution in [-0.4, -0.2) is 40.9 Å². The van der Waals surface area contributed by atoms with E-state index in [1.807, 2.05) is 23.1 Å². The highest BCUT2D eigenvalue weighted by molar-refractivity contribution is 5.23. The van der Waals surface area contributed by atoms with Crippen molar-refractivity contribution in [1.82, 2.24) is 20.0 Å². The van der Waals surface area contributed by atoms with Crippen LogP contribution in [0.15, 0.2) is 42.7 Å². The maximum absolute atomic E-state index is 4.31. The lowest BCUT2D eigenvalue weighted by molar-refractivity contribution is 0.126. The Balaban J connectivity index is 1.29. The number of hydrogen-bond acceptors (Lipinski definition) is 3. The summed E-state index contributed by atoms with van der Waals surface area (Å²) in [6.07, 6.45) is 9.42. The first-order valence-electron chi connectivity index (χ1n) is 9.85. The molecule has 3 heterocycles. The molecule has 0 spiro atoms. The van der Waals surface area contributed by atoms with E-state index >= 15 is 0 Å². The highest BCUT2D eigenvalue weighted by Gasteiger charge is 2.27. The van der Waals surface area contributed by atoms with E-state index in [-0.39, 0.29) is 0 Å². The van der Waals surface area contributed by atoms with Gasteiger partial charge in [0.2, 0.25) is 0 Å². The van der Waals surface area contributed by atoms with Gasteiger partial charge in [0.25, 0.3) is 0 Å². The summed E-state index contributed by atoms with van der Waals surface area (Å²) in [6.45, 7) is 6.93. The molecule has 25 heavy (non-hydrogen) atoms. The van der Waals surface area contributed by atoms with Crippen molar-refractivity contribution >= 4 is 0 Å². The first kappa shape index (κ1) is 16.8. The quantitative estimate of drug-likeness (QED) is 0.909. The topological polar surface area (TPSA) is 33.1 Å². The second kappa shape index (κ2) is 8.15. The fourth-order valence-corrected chi connectivity index (χ4v) is 4.56. The van der Waals surface area contributed by atoms with Crippen LogP contribution in [-0.2, 0) is 13.1 Å². The van der Waals surface area contributed by atoms with Gasteiger partial charge in [-0.15, -0.1) is 0 Å². The molecule has 2 saturated heterocycles. The van der Waals surface area contributed by atoms with Crippen LogP contribution in [0.2, 0.25) is 0 Å². The van der Waals surface area contributed by atoms with Gasteiger partial charge in [0.1, 0.15) is 0 Å². The third-order valence-electron chi connectivity index (χ3n) is 5.98. The largest absolute Gasteiger partial charge is 0.317 e. The van der Waals surface area contributed by atoms with Crippen molar-refractivity contribution in [2.45, 2.75) is 38.8 Å². The molecule has 4 rings (SSSR count). The minimum atomic E-state index is 0.860. The van der Waals surface area contributed by atoms with Crippen LogP contribution in [0.25, 0.3) is 0 Å². The van der Waals surface area contributed by atoms with E-state index in [2.05, 4.69) is 39.6 Å². The number of likely N-dealkylation sites (tertiary alicyclic amines) is 1. The molecule has 2 aliphatic heterocycles. The van der Waals surface area contributed by atoms with E-state index in [0.29, 0.717) is 0 Å². The van der Waals surface area contributed by atoms with Crippen LogP contribution < -0.4 is 5.32 Å². The Morgan fingerprint density at radius 3 is 2.36 bits per heavy atom. The molecule has 0 saturated carbocycles. The van der Waals surface area contributed by atoms with E-state index in [0.717, 1.165) is 24.9 Å². The Labute approximate surface area is 151 Å². The molecule has 2 aromatic rings. The standard InChI is InChI=1S/C21H30N4/c1-3-18(15-19(4-1)17-25-12-2-9-23-25)16-24-13-7-21(8-14-24)20-5-10-22-11-6-20/h1-4,9,12,15,20-22H,5-8,10-11,13-14,16-17H2. The van der Waals surface area contributed by atoms with E-state index in [9.17, 15) is 0 Å². The molecule has 0 atom stereocenters. The molecular weight excluding hydrogens is 308 g/mol. The van der Waals surface area contributed by atoms with Gasteiger partial charge in [0.15, 0.2) is 0 Å². The van der Waals surface area contributed by atoms with Crippen LogP contribution in [0.5, 0.6) is 0 Å². The molecule has 0 amide bonds. The molecule has 2 fully saturated rings. The highest BCUT2D eigenvalue weighted by Crippen LogP contribution is 2.31. The van der Waals surface area contributed by atoms with E-state index in [1.165, 1.54) is 63.0 Å². The number of aromatic nitrogens is 2. The van der Waals surface area contributed by atoms with Gasteiger partial charge in [-0.1, -0.05) is 24.3 Å². The lowest BCUT2D eigenvalue weighted by Gasteiger charge is -2.37. The summed E-state index contributed by atoms with van der Waals surface area (Å²) in [5, 5.41) is 7.81. The Morgan fingerprint density at radius 2 is 1.64 bits per heavy atom. The van der Waals surface area contributed by atoms with Crippen LogP contribution in [0.4, 0.5) is 0 Å². The second-order valence-electron chi connectivity index (χ2n) is 7.72. The molecule has 0 unspecified atom stereocenters. The Kier molecular flexibility index (Phi) is 5.48. The van der Waals surface area contributed by atoms with Crippen molar-refractivity contribution < 1.29 is 0 Å². The molecular formula is C21H30N4. The smallest absolute Gasteiger partial charge is 0.0659 e. The Morgan fingerprint density at radius 1 is 0.920 bits per heavy atom. The molecule has 4 nitrogen and oxygen atoms in total. The minimum absolute atomic E-state index is 0.860. The van der Waals surface area contributed by atoms with E-state index < -0.39 is 0 Å². The zero-order valence-corrected chi connectivity index (χ0v) is 15.1. The Hall–Kier alpha value is -1.65. The number of nitrogens with one attached hydrogen (secondary N) is 1. The minimum Gasteiger partial charge on any atom is -0.317 e. The molecule has 4 heteroatoms. The number of nitrogens with zero attached hydrogens (tertiary/aromatic N) is 3. The van der Waals surface area contributed by atoms with Gasteiger partial charge in [0.05, 0.1) is 6.54 Å². The summed E-state index contributed by atoms with van der Waals surface area (Å²) < 4.78 is 1.99. The average Bonchev–Trinajstić information content (AvgIpc) is 3.16. The van der Waals surface area contributed by atoms with Crippen molar-refractivity contribution in [3.05, 3.63) is 53.9 Å². The Bertz CT molecular complexity index is 638. The summed E-state index contributed by atoms with van der Waals surface area (Å²) in [6, 6.07) is 11.0. The van der Waals surface area contributed by atoms with Gasteiger partial charge in [-0.25, -0.2) is 0 Å². The monoisotopic (exact) mass is 338 g/mol. The lowest BCUT2D eigenvalue weighted by atomic mass is 9.79. The lowest BCUT2D eigenvalue weighted by Crippen LogP contribution is -2.39. The summed E-state index contributed by atoms with van der Waals surface area (Å²) >= 11 is 0. The summed E-state index contributed by atoms with van der Waals surface area (Å²) in [7, 11) is 0. The zero-order chi connectivity index (χ0) is 16.9.